The second kappa shape index (κ2) is 5.98. The minimum absolute atomic E-state index is 0.261. The van der Waals surface area contributed by atoms with Crippen LogP contribution in [0.15, 0.2) is 23.1 Å². The van der Waals surface area contributed by atoms with Crippen LogP contribution in [0.25, 0.3) is 0 Å². The Morgan fingerprint density at radius 1 is 1.37 bits per heavy atom. The van der Waals surface area contributed by atoms with Gasteiger partial charge in [-0.1, -0.05) is 13.0 Å². The fourth-order valence-electron chi connectivity index (χ4n) is 1.76. The molecule has 0 radical (unpaired) electrons. The molecule has 106 valence electrons. The van der Waals surface area contributed by atoms with Crippen LogP contribution in [0.4, 0.5) is 4.39 Å². The van der Waals surface area contributed by atoms with Crippen molar-refractivity contribution in [1.29, 1.82) is 0 Å². The van der Waals surface area contributed by atoms with Gasteiger partial charge in [-0.15, -0.1) is 0 Å². The SMILES string of the molecule is CCNCc1ccc(F)c(S(=O)(=O)NCC2CC2)c1. The molecule has 0 saturated heterocycles. The Hall–Kier alpha value is -0.980. The predicted molar refractivity (Wildman–Crippen MR) is 71.7 cm³/mol. The summed E-state index contributed by atoms with van der Waals surface area (Å²) in [7, 11) is -3.75. The maximum atomic E-state index is 13.7. The molecular formula is C13H19FN2O2S. The maximum Gasteiger partial charge on any atom is 0.243 e. The topological polar surface area (TPSA) is 58.2 Å². The van der Waals surface area contributed by atoms with Gasteiger partial charge in [0.2, 0.25) is 10.0 Å². The van der Waals surface area contributed by atoms with Crippen LogP contribution in [0.1, 0.15) is 25.3 Å². The third-order valence-corrected chi connectivity index (χ3v) is 4.56. The normalized spacial score (nSPS) is 15.7. The Morgan fingerprint density at radius 3 is 2.74 bits per heavy atom. The molecule has 0 aliphatic heterocycles. The van der Waals surface area contributed by atoms with E-state index in [2.05, 4.69) is 10.0 Å². The molecule has 6 heteroatoms. The molecule has 1 aliphatic rings. The fraction of sp³-hybridized carbons (Fsp3) is 0.538. The quantitative estimate of drug-likeness (QED) is 0.801. The van der Waals surface area contributed by atoms with Crippen LogP contribution in [-0.4, -0.2) is 21.5 Å². The Bertz CT molecular complexity index is 542. The summed E-state index contributed by atoms with van der Waals surface area (Å²) < 4.78 is 40.2. The molecule has 1 fully saturated rings. The summed E-state index contributed by atoms with van der Waals surface area (Å²) >= 11 is 0. The second-order valence-electron chi connectivity index (χ2n) is 4.84. The van der Waals surface area contributed by atoms with Gasteiger partial charge in [0.05, 0.1) is 0 Å². The molecule has 1 aliphatic carbocycles. The number of rotatable bonds is 7. The molecule has 0 spiro atoms. The average Bonchev–Trinajstić information content (AvgIpc) is 3.19. The maximum absolute atomic E-state index is 13.7. The monoisotopic (exact) mass is 286 g/mol. The summed E-state index contributed by atoms with van der Waals surface area (Å²) in [5.74, 6) is -0.286. The first-order valence-electron chi connectivity index (χ1n) is 6.51. The van der Waals surface area contributed by atoms with Crippen molar-refractivity contribution in [2.75, 3.05) is 13.1 Å². The smallest absolute Gasteiger partial charge is 0.243 e. The van der Waals surface area contributed by atoms with E-state index in [0.717, 1.165) is 24.9 Å². The van der Waals surface area contributed by atoms with Crippen molar-refractivity contribution >= 4 is 10.0 Å². The van der Waals surface area contributed by atoms with Crippen LogP contribution in [0.2, 0.25) is 0 Å². The highest BCUT2D eigenvalue weighted by Crippen LogP contribution is 2.28. The molecule has 0 unspecified atom stereocenters. The lowest BCUT2D eigenvalue weighted by Gasteiger charge is -2.09. The van der Waals surface area contributed by atoms with Crippen LogP contribution >= 0.6 is 0 Å². The Kier molecular flexibility index (Phi) is 4.54. The van der Waals surface area contributed by atoms with Crippen molar-refractivity contribution in [2.24, 2.45) is 5.92 Å². The molecule has 0 bridgehead atoms. The van der Waals surface area contributed by atoms with Crippen LogP contribution in [-0.2, 0) is 16.6 Å². The lowest BCUT2D eigenvalue weighted by molar-refractivity contribution is 0.553. The van der Waals surface area contributed by atoms with Gasteiger partial charge in [0.1, 0.15) is 10.7 Å². The number of halogens is 1. The van der Waals surface area contributed by atoms with Crippen LogP contribution < -0.4 is 10.0 Å². The second-order valence-corrected chi connectivity index (χ2v) is 6.58. The number of hydrogen-bond acceptors (Lipinski definition) is 3. The van der Waals surface area contributed by atoms with E-state index in [4.69, 9.17) is 0 Å². The van der Waals surface area contributed by atoms with E-state index in [9.17, 15) is 12.8 Å². The van der Waals surface area contributed by atoms with Gasteiger partial charge in [-0.2, -0.15) is 0 Å². The first kappa shape index (κ1) is 14.4. The van der Waals surface area contributed by atoms with Gasteiger partial charge in [0.15, 0.2) is 0 Å². The van der Waals surface area contributed by atoms with E-state index in [-0.39, 0.29) is 4.90 Å². The highest BCUT2D eigenvalue weighted by molar-refractivity contribution is 7.89. The van der Waals surface area contributed by atoms with E-state index >= 15 is 0 Å². The van der Waals surface area contributed by atoms with Gasteiger partial charge in [-0.3, -0.25) is 0 Å². The first-order valence-corrected chi connectivity index (χ1v) is 8.00. The lowest BCUT2D eigenvalue weighted by atomic mass is 10.2. The molecule has 1 saturated carbocycles. The Labute approximate surface area is 113 Å². The zero-order valence-electron chi connectivity index (χ0n) is 10.9. The molecule has 1 aromatic carbocycles. The summed E-state index contributed by atoms with van der Waals surface area (Å²) in [4.78, 5) is -0.261. The third-order valence-electron chi connectivity index (χ3n) is 3.12. The molecule has 2 N–H and O–H groups in total. The van der Waals surface area contributed by atoms with Crippen LogP contribution in [0.5, 0.6) is 0 Å². The standard InChI is InChI=1S/C13H19FN2O2S/c1-2-15-8-11-5-6-12(14)13(7-11)19(17,18)16-9-10-3-4-10/h5-7,10,15-16H,2-4,8-9H2,1H3. The van der Waals surface area contributed by atoms with Gasteiger partial charge in [-0.05, 0) is 43.0 Å². The van der Waals surface area contributed by atoms with E-state index in [1.807, 2.05) is 6.92 Å². The summed E-state index contributed by atoms with van der Waals surface area (Å²) in [5.41, 5.74) is 0.759. The zero-order chi connectivity index (χ0) is 13.9. The van der Waals surface area contributed by atoms with Crippen molar-refractivity contribution in [3.8, 4) is 0 Å². The molecule has 0 aromatic heterocycles. The van der Waals surface area contributed by atoms with Gasteiger partial charge in [0, 0.05) is 13.1 Å². The van der Waals surface area contributed by atoms with Gasteiger partial charge < -0.3 is 5.32 Å². The molecule has 1 aromatic rings. The molecule has 2 rings (SSSR count). The van der Waals surface area contributed by atoms with Gasteiger partial charge >= 0.3 is 0 Å². The van der Waals surface area contributed by atoms with Crippen molar-refractivity contribution in [3.63, 3.8) is 0 Å². The summed E-state index contributed by atoms with van der Waals surface area (Å²) in [6.45, 7) is 3.67. The fourth-order valence-corrected chi connectivity index (χ4v) is 3.00. The van der Waals surface area contributed by atoms with E-state index < -0.39 is 15.8 Å². The summed E-state index contributed by atoms with van der Waals surface area (Å²) in [6, 6.07) is 4.20. The first-order chi connectivity index (χ1) is 9.03. The third kappa shape index (κ3) is 3.99. The predicted octanol–water partition coefficient (Wildman–Crippen LogP) is 1.62. The minimum Gasteiger partial charge on any atom is -0.313 e. The van der Waals surface area contributed by atoms with E-state index in [1.54, 1.807) is 6.07 Å². The van der Waals surface area contributed by atoms with Gasteiger partial charge in [-0.25, -0.2) is 17.5 Å². The molecule has 19 heavy (non-hydrogen) atoms. The largest absolute Gasteiger partial charge is 0.313 e. The lowest BCUT2D eigenvalue weighted by Crippen LogP contribution is -2.27. The molecule has 0 amide bonds. The van der Waals surface area contributed by atoms with Crippen molar-refractivity contribution in [1.82, 2.24) is 10.0 Å². The molecular weight excluding hydrogens is 267 g/mol. The van der Waals surface area contributed by atoms with Gasteiger partial charge in [0.25, 0.3) is 0 Å². The zero-order valence-corrected chi connectivity index (χ0v) is 11.8. The Morgan fingerprint density at radius 2 is 2.11 bits per heavy atom. The molecule has 0 atom stereocenters. The molecule has 0 heterocycles. The average molecular weight is 286 g/mol. The highest BCUT2D eigenvalue weighted by atomic mass is 32.2. The summed E-state index contributed by atoms with van der Waals surface area (Å²) in [5, 5.41) is 3.09. The van der Waals surface area contributed by atoms with Crippen molar-refractivity contribution < 1.29 is 12.8 Å². The Balaban J connectivity index is 2.15. The number of sulfonamides is 1. The van der Waals surface area contributed by atoms with E-state index in [1.165, 1.54) is 12.1 Å². The highest BCUT2D eigenvalue weighted by Gasteiger charge is 2.25. The van der Waals surface area contributed by atoms with E-state index in [0.29, 0.717) is 19.0 Å². The van der Waals surface area contributed by atoms with Crippen LogP contribution in [0.3, 0.4) is 0 Å². The number of nitrogens with one attached hydrogen (secondary N) is 2. The minimum atomic E-state index is -3.75. The van der Waals surface area contributed by atoms with Crippen molar-refractivity contribution in [3.05, 3.63) is 29.6 Å². The van der Waals surface area contributed by atoms with Crippen molar-refractivity contribution in [2.45, 2.75) is 31.2 Å². The number of benzene rings is 1. The number of hydrogen-bond donors (Lipinski definition) is 2. The summed E-state index contributed by atoms with van der Waals surface area (Å²) in [6.07, 6.45) is 2.09. The molecule has 4 nitrogen and oxygen atoms in total. The van der Waals surface area contributed by atoms with Crippen LogP contribution in [0, 0.1) is 11.7 Å².